The van der Waals surface area contributed by atoms with E-state index < -0.39 is 20.0 Å². The summed E-state index contributed by atoms with van der Waals surface area (Å²) in [5.41, 5.74) is 0. The summed E-state index contributed by atoms with van der Waals surface area (Å²) in [5.74, 6) is -0.184. The maximum atomic E-state index is 13.0. The van der Waals surface area contributed by atoms with Crippen molar-refractivity contribution in [2.24, 2.45) is 0 Å². The highest BCUT2D eigenvalue weighted by molar-refractivity contribution is 7.47. The minimum atomic E-state index is -4.36. The number of hydrogen-bond acceptors (Lipinski definition) is 5. The summed E-state index contributed by atoms with van der Waals surface area (Å²) in [6, 6.07) is -0.865. The fraction of sp³-hybridized carbons (Fsp3) is 0.779. The van der Waals surface area contributed by atoms with Crippen LogP contribution in [0, 0.1) is 0 Å². The second-order valence-corrected chi connectivity index (χ2v) is 24.6. The molecule has 448 valence electrons. The molecule has 1 amide bonds. The van der Waals surface area contributed by atoms with Crippen molar-refractivity contribution in [1.29, 1.82) is 0 Å². The van der Waals surface area contributed by atoms with Gasteiger partial charge in [0.15, 0.2) is 0 Å². The summed E-state index contributed by atoms with van der Waals surface area (Å²) in [4.78, 5) is 23.3. The fourth-order valence-electron chi connectivity index (χ4n) is 9.32. The summed E-state index contributed by atoms with van der Waals surface area (Å²) < 4.78 is 23.7. The van der Waals surface area contributed by atoms with E-state index in [1.807, 2.05) is 27.2 Å². The summed E-state index contributed by atoms with van der Waals surface area (Å²) in [6.45, 7) is 4.70. The van der Waals surface area contributed by atoms with Crippen LogP contribution in [0.1, 0.15) is 290 Å². The number of carbonyl (C=O) groups is 1. The second kappa shape index (κ2) is 58.3. The van der Waals surface area contributed by atoms with Crippen molar-refractivity contribution >= 4 is 13.7 Å². The van der Waals surface area contributed by atoms with Gasteiger partial charge in [-0.2, -0.15) is 0 Å². The Labute approximate surface area is 477 Å². The van der Waals surface area contributed by atoms with E-state index in [0.29, 0.717) is 17.4 Å². The molecule has 9 heteroatoms. The first-order chi connectivity index (χ1) is 37.5. The molecule has 0 aliphatic rings. The molecule has 0 aliphatic carbocycles. The number of hydrogen-bond donors (Lipinski definition) is 3. The third kappa shape index (κ3) is 61.2. The molecule has 3 N–H and O–H groups in total. The van der Waals surface area contributed by atoms with Crippen LogP contribution in [0.4, 0.5) is 0 Å². The van der Waals surface area contributed by atoms with Gasteiger partial charge in [-0.05, 0) is 77.0 Å². The molecule has 0 aromatic rings. The zero-order valence-corrected chi connectivity index (χ0v) is 52.1. The minimum absolute atomic E-state index is 0.0556. The van der Waals surface area contributed by atoms with Gasteiger partial charge >= 0.3 is 7.82 Å². The number of phosphoric acid groups is 1. The molecule has 0 aromatic heterocycles. The molecular formula is C68H126N2O6P+. The van der Waals surface area contributed by atoms with Gasteiger partial charge in [-0.25, -0.2) is 4.57 Å². The zero-order valence-electron chi connectivity index (χ0n) is 51.2. The van der Waals surface area contributed by atoms with Gasteiger partial charge in [0.25, 0.3) is 0 Å². The molecule has 77 heavy (non-hydrogen) atoms. The number of likely N-dealkylation sites (N-methyl/N-ethyl adjacent to an activating group) is 1. The number of carbonyl (C=O) groups excluding carboxylic acids is 1. The first-order valence-electron chi connectivity index (χ1n) is 32.5. The lowest BCUT2D eigenvalue weighted by Crippen LogP contribution is -2.45. The molecule has 0 aromatic carbocycles. The quantitative estimate of drug-likeness (QED) is 0.0243. The molecule has 3 unspecified atom stereocenters. The topological polar surface area (TPSA) is 105 Å². The maximum absolute atomic E-state index is 13.0. The number of rotatable bonds is 59. The van der Waals surface area contributed by atoms with Crippen molar-refractivity contribution in [3.05, 3.63) is 85.1 Å². The first-order valence-corrected chi connectivity index (χ1v) is 34.0. The van der Waals surface area contributed by atoms with Gasteiger partial charge in [0.1, 0.15) is 13.2 Å². The van der Waals surface area contributed by atoms with Crippen molar-refractivity contribution in [2.45, 2.75) is 302 Å². The SMILES string of the molecule is CC/C=C\C/C=C\C/C=C\C/C=C\C/C=C\CCCCCCCCCCCCCCCCCCCCCCCCCC(=O)NC(COP(=O)(O)OCC[N+](C)(C)C)C(O)/C=C/CC/C=C/CCCCCCCCCCCC. The molecule has 0 bridgehead atoms. The van der Waals surface area contributed by atoms with Crippen LogP contribution in [-0.4, -0.2) is 73.4 Å². The average molecular weight is 1100 g/mol. The Balaban J connectivity index is 3.96. The molecule has 0 aliphatic heterocycles. The summed E-state index contributed by atoms with van der Waals surface area (Å²) in [7, 11) is 1.56. The van der Waals surface area contributed by atoms with E-state index in [1.165, 1.54) is 199 Å². The number of allylic oxidation sites excluding steroid dienone is 13. The van der Waals surface area contributed by atoms with Gasteiger partial charge in [-0.1, -0.05) is 292 Å². The number of aliphatic hydroxyl groups is 1. The molecule has 0 fully saturated rings. The molecule has 0 saturated carbocycles. The average Bonchev–Trinajstić information content (AvgIpc) is 3.39. The van der Waals surface area contributed by atoms with E-state index in [-0.39, 0.29) is 19.1 Å². The number of amides is 1. The van der Waals surface area contributed by atoms with Gasteiger partial charge < -0.3 is 19.8 Å². The number of unbranched alkanes of at least 4 members (excludes halogenated alkanes) is 34. The third-order valence-corrected chi connectivity index (χ3v) is 15.3. The molecule has 0 heterocycles. The first kappa shape index (κ1) is 74.7. The van der Waals surface area contributed by atoms with Crippen LogP contribution in [0.3, 0.4) is 0 Å². The molecule has 0 rings (SSSR count). The van der Waals surface area contributed by atoms with Crippen molar-refractivity contribution in [3.63, 3.8) is 0 Å². The lowest BCUT2D eigenvalue weighted by atomic mass is 10.0. The van der Waals surface area contributed by atoms with Gasteiger partial charge in [-0.3, -0.25) is 13.8 Å². The van der Waals surface area contributed by atoms with E-state index in [0.717, 1.165) is 70.6 Å². The third-order valence-electron chi connectivity index (χ3n) is 14.3. The molecule has 8 nitrogen and oxygen atoms in total. The zero-order chi connectivity index (χ0) is 56.3. The Morgan fingerprint density at radius 3 is 1.19 bits per heavy atom. The Hall–Kier alpha value is -2.32. The number of quaternary nitrogens is 1. The van der Waals surface area contributed by atoms with Gasteiger partial charge in [0.05, 0.1) is 39.9 Å². The molecule has 3 atom stereocenters. The van der Waals surface area contributed by atoms with E-state index in [9.17, 15) is 19.4 Å². The predicted octanol–water partition coefficient (Wildman–Crippen LogP) is 20.4. The van der Waals surface area contributed by atoms with Crippen LogP contribution in [0.2, 0.25) is 0 Å². The molecule has 0 spiro atoms. The molecule has 0 saturated heterocycles. The largest absolute Gasteiger partial charge is 0.472 e. The van der Waals surface area contributed by atoms with Crippen molar-refractivity contribution in [3.8, 4) is 0 Å². The fourth-order valence-corrected chi connectivity index (χ4v) is 10.1. The highest BCUT2D eigenvalue weighted by atomic mass is 31.2. The Morgan fingerprint density at radius 2 is 0.792 bits per heavy atom. The normalized spacial score (nSPS) is 14.3. The van der Waals surface area contributed by atoms with E-state index in [2.05, 4.69) is 92.1 Å². The van der Waals surface area contributed by atoms with E-state index in [1.54, 1.807) is 6.08 Å². The number of phosphoric ester groups is 1. The van der Waals surface area contributed by atoms with Crippen molar-refractivity contribution in [2.75, 3.05) is 40.9 Å². The summed E-state index contributed by atoms with van der Waals surface area (Å²) in [6.07, 6.45) is 83.0. The predicted molar refractivity (Wildman–Crippen MR) is 336 cm³/mol. The highest BCUT2D eigenvalue weighted by Gasteiger charge is 2.27. The highest BCUT2D eigenvalue weighted by Crippen LogP contribution is 2.43. The molecule has 0 radical (unpaired) electrons. The number of nitrogens with zero attached hydrogens (tertiary/aromatic N) is 1. The van der Waals surface area contributed by atoms with Crippen LogP contribution in [-0.2, 0) is 18.4 Å². The lowest BCUT2D eigenvalue weighted by Gasteiger charge is -2.25. The Morgan fingerprint density at radius 1 is 0.455 bits per heavy atom. The minimum Gasteiger partial charge on any atom is -0.387 e. The monoisotopic (exact) mass is 1100 g/mol. The smallest absolute Gasteiger partial charge is 0.387 e. The van der Waals surface area contributed by atoms with Crippen molar-refractivity contribution < 1.29 is 32.9 Å². The molecular weight excluding hydrogens is 972 g/mol. The van der Waals surface area contributed by atoms with E-state index in [4.69, 9.17) is 9.05 Å². The van der Waals surface area contributed by atoms with Crippen LogP contribution in [0.25, 0.3) is 0 Å². The number of aliphatic hydroxyl groups excluding tert-OH is 1. The Bertz CT molecular complexity index is 1530. The summed E-state index contributed by atoms with van der Waals surface area (Å²) in [5, 5.41) is 13.9. The standard InChI is InChI=1S/C68H125N2O6P/c1-6-8-10-12-14-16-18-20-22-24-25-26-27-28-29-30-31-32-33-34-35-36-37-38-39-40-41-42-43-44-45-46-48-50-52-54-56-58-60-62-68(72)69-66(65-76-77(73,74)75-64-63-70(3,4)5)67(71)61-59-57-55-53-51-49-47-23-21-19-17-15-13-11-9-7-2/h8,10,14,16,20,22,25-26,28-29,51,53,59,61,66-67,71H,6-7,9,11-13,15,17-19,21,23-24,27,30-50,52,54-58,60,62-65H2,1-5H3,(H-,69,72,73,74)/p+1/b10-8-,16-14-,22-20-,26-25-,29-28-,53-51+,61-59+. The van der Waals surface area contributed by atoms with E-state index >= 15 is 0 Å². The van der Waals surface area contributed by atoms with Crippen LogP contribution in [0.15, 0.2) is 85.1 Å². The number of nitrogens with one attached hydrogen (secondary N) is 1. The van der Waals surface area contributed by atoms with Gasteiger partial charge in [0.2, 0.25) is 5.91 Å². The van der Waals surface area contributed by atoms with Crippen LogP contribution >= 0.6 is 7.82 Å². The van der Waals surface area contributed by atoms with Crippen molar-refractivity contribution in [1.82, 2.24) is 5.32 Å². The van der Waals surface area contributed by atoms with Crippen LogP contribution in [0.5, 0.6) is 0 Å². The lowest BCUT2D eigenvalue weighted by molar-refractivity contribution is -0.870. The van der Waals surface area contributed by atoms with Gasteiger partial charge in [0, 0.05) is 6.42 Å². The second-order valence-electron chi connectivity index (χ2n) is 23.1. The maximum Gasteiger partial charge on any atom is 0.472 e. The van der Waals surface area contributed by atoms with Gasteiger partial charge in [-0.15, -0.1) is 0 Å². The van der Waals surface area contributed by atoms with Crippen LogP contribution < -0.4 is 5.32 Å². The Kier molecular flexibility index (Phi) is 56.6. The summed E-state index contributed by atoms with van der Waals surface area (Å²) >= 11 is 0.